The van der Waals surface area contributed by atoms with Crippen LogP contribution in [-0.4, -0.2) is 44.9 Å². The number of hydrogen-bond acceptors (Lipinski definition) is 4. The van der Waals surface area contributed by atoms with Crippen molar-refractivity contribution in [1.82, 2.24) is 9.62 Å². The van der Waals surface area contributed by atoms with E-state index < -0.39 is 10.0 Å². The van der Waals surface area contributed by atoms with E-state index in [0.717, 1.165) is 12.8 Å². The highest BCUT2D eigenvalue weighted by atomic mass is 32.2. The zero-order valence-electron chi connectivity index (χ0n) is 14.5. The lowest BCUT2D eigenvalue weighted by molar-refractivity contribution is -0.126. The maximum Gasteiger partial charge on any atom is 0.243 e. The van der Waals surface area contributed by atoms with E-state index in [-0.39, 0.29) is 29.3 Å². The summed E-state index contributed by atoms with van der Waals surface area (Å²) < 4.78 is 32.1. The second kappa shape index (κ2) is 7.98. The molecule has 2 rings (SSSR count). The fraction of sp³-hybridized carbons (Fsp3) is 0.588. The first-order valence-corrected chi connectivity index (χ1v) is 9.77. The highest BCUT2D eigenvalue weighted by Gasteiger charge is 2.33. The smallest absolute Gasteiger partial charge is 0.243 e. The van der Waals surface area contributed by atoms with Gasteiger partial charge in [0, 0.05) is 19.1 Å². The molecule has 0 aromatic heterocycles. The number of carbonyl (C=O) groups excluding carboxylic acids is 1. The zero-order chi connectivity index (χ0) is 17.7. The number of carbonyl (C=O) groups is 1. The minimum atomic E-state index is -3.59. The Morgan fingerprint density at radius 3 is 2.62 bits per heavy atom. The van der Waals surface area contributed by atoms with E-state index >= 15 is 0 Å². The molecule has 1 aromatic carbocycles. The molecule has 0 unspecified atom stereocenters. The Kier molecular flexibility index (Phi) is 6.23. The molecule has 6 nitrogen and oxygen atoms in total. The first-order valence-electron chi connectivity index (χ1n) is 8.33. The van der Waals surface area contributed by atoms with Gasteiger partial charge in [-0.1, -0.05) is 6.92 Å². The van der Waals surface area contributed by atoms with E-state index in [2.05, 4.69) is 5.32 Å². The summed E-state index contributed by atoms with van der Waals surface area (Å²) in [6.45, 7) is 4.64. The molecule has 0 radical (unpaired) electrons. The normalized spacial score (nSPS) is 20.4. The van der Waals surface area contributed by atoms with Gasteiger partial charge in [-0.15, -0.1) is 0 Å². The fourth-order valence-corrected chi connectivity index (χ4v) is 4.26. The van der Waals surface area contributed by atoms with Crippen molar-refractivity contribution in [3.63, 3.8) is 0 Å². The molecule has 0 saturated carbocycles. The maximum absolute atomic E-state index is 12.8. The predicted molar refractivity (Wildman–Crippen MR) is 92.4 cm³/mol. The van der Waals surface area contributed by atoms with Crippen molar-refractivity contribution < 1.29 is 17.9 Å². The van der Waals surface area contributed by atoms with Crippen LogP contribution in [-0.2, 0) is 14.8 Å². The first-order chi connectivity index (χ1) is 11.4. The molecule has 1 heterocycles. The molecule has 134 valence electrons. The van der Waals surface area contributed by atoms with E-state index in [1.165, 1.54) is 23.5 Å². The summed E-state index contributed by atoms with van der Waals surface area (Å²) in [6, 6.07) is 6.44. The molecule has 1 aliphatic heterocycles. The number of benzene rings is 1. The van der Waals surface area contributed by atoms with Gasteiger partial charge in [-0.3, -0.25) is 4.79 Å². The van der Waals surface area contributed by atoms with Gasteiger partial charge in [0.15, 0.2) is 0 Å². The minimum absolute atomic E-state index is 0.0565. The van der Waals surface area contributed by atoms with Gasteiger partial charge in [-0.2, -0.15) is 4.31 Å². The third-order valence-electron chi connectivity index (χ3n) is 4.45. The molecule has 1 aromatic rings. The number of sulfonamides is 1. The number of rotatable bonds is 6. The summed E-state index contributed by atoms with van der Waals surface area (Å²) in [5.41, 5.74) is 0. The van der Waals surface area contributed by atoms with E-state index in [4.69, 9.17) is 4.74 Å². The van der Waals surface area contributed by atoms with Crippen LogP contribution in [0.25, 0.3) is 0 Å². The van der Waals surface area contributed by atoms with Gasteiger partial charge < -0.3 is 10.1 Å². The van der Waals surface area contributed by atoms with Gasteiger partial charge in [-0.25, -0.2) is 8.42 Å². The highest BCUT2D eigenvalue weighted by Crippen LogP contribution is 2.25. The lowest BCUT2D eigenvalue weighted by atomic mass is 9.98. The molecule has 0 bridgehead atoms. The third-order valence-corrected chi connectivity index (χ3v) is 6.33. The summed E-state index contributed by atoms with van der Waals surface area (Å²) in [4.78, 5) is 12.5. The van der Waals surface area contributed by atoms with E-state index in [1.807, 2.05) is 13.8 Å². The SMILES string of the molecule is CC[C@@H](C)NC(=O)[C@H]1CCCN(S(=O)(=O)c2ccc(OC)cc2)C1. The van der Waals surface area contributed by atoms with Crippen molar-refractivity contribution in [2.75, 3.05) is 20.2 Å². The number of nitrogens with one attached hydrogen (secondary N) is 1. The Labute approximate surface area is 144 Å². The van der Waals surface area contributed by atoms with Crippen LogP contribution in [0.15, 0.2) is 29.2 Å². The maximum atomic E-state index is 12.8. The number of amides is 1. The molecular formula is C17H26N2O4S. The van der Waals surface area contributed by atoms with Crippen molar-refractivity contribution in [3.8, 4) is 5.75 Å². The monoisotopic (exact) mass is 354 g/mol. The number of ether oxygens (including phenoxy) is 1. The molecule has 1 saturated heterocycles. The summed E-state index contributed by atoms with van der Waals surface area (Å²) in [6.07, 6.45) is 2.26. The van der Waals surface area contributed by atoms with Gasteiger partial charge in [0.1, 0.15) is 5.75 Å². The summed E-state index contributed by atoms with van der Waals surface area (Å²) in [5.74, 6) is 0.262. The highest BCUT2D eigenvalue weighted by molar-refractivity contribution is 7.89. The van der Waals surface area contributed by atoms with Crippen molar-refractivity contribution in [3.05, 3.63) is 24.3 Å². The quantitative estimate of drug-likeness (QED) is 0.848. The van der Waals surface area contributed by atoms with Crippen molar-refractivity contribution >= 4 is 15.9 Å². The third kappa shape index (κ3) is 4.27. The Morgan fingerprint density at radius 2 is 2.04 bits per heavy atom. The molecular weight excluding hydrogens is 328 g/mol. The van der Waals surface area contributed by atoms with Crippen LogP contribution >= 0.6 is 0 Å². The van der Waals surface area contributed by atoms with Crippen LogP contribution in [0.4, 0.5) is 0 Å². The molecule has 24 heavy (non-hydrogen) atoms. The van der Waals surface area contributed by atoms with Crippen LogP contribution < -0.4 is 10.1 Å². The second-order valence-corrected chi connectivity index (χ2v) is 8.13. The largest absolute Gasteiger partial charge is 0.497 e. The number of methoxy groups -OCH3 is 1. The number of piperidine rings is 1. The molecule has 0 spiro atoms. The second-order valence-electron chi connectivity index (χ2n) is 6.20. The van der Waals surface area contributed by atoms with Crippen molar-refractivity contribution in [2.45, 2.75) is 44.0 Å². The Hall–Kier alpha value is -1.60. The van der Waals surface area contributed by atoms with Crippen molar-refractivity contribution in [2.24, 2.45) is 5.92 Å². The zero-order valence-corrected chi connectivity index (χ0v) is 15.3. The topological polar surface area (TPSA) is 75.7 Å². The van der Waals surface area contributed by atoms with Gasteiger partial charge in [0.25, 0.3) is 0 Å². The van der Waals surface area contributed by atoms with E-state index in [1.54, 1.807) is 12.1 Å². The van der Waals surface area contributed by atoms with Crippen LogP contribution in [0.2, 0.25) is 0 Å². The molecule has 0 aliphatic carbocycles. The predicted octanol–water partition coefficient (Wildman–Crippen LogP) is 2.01. The summed E-state index contributed by atoms with van der Waals surface area (Å²) >= 11 is 0. The molecule has 1 fully saturated rings. The Balaban J connectivity index is 2.11. The van der Waals surface area contributed by atoms with Gasteiger partial charge in [0.2, 0.25) is 15.9 Å². The number of hydrogen-bond donors (Lipinski definition) is 1. The summed E-state index contributed by atoms with van der Waals surface area (Å²) in [5, 5.41) is 2.95. The molecule has 1 N–H and O–H groups in total. The van der Waals surface area contributed by atoms with Gasteiger partial charge in [0.05, 0.1) is 17.9 Å². The number of nitrogens with zero attached hydrogens (tertiary/aromatic N) is 1. The van der Waals surface area contributed by atoms with E-state index in [0.29, 0.717) is 18.7 Å². The standard InChI is InChI=1S/C17H26N2O4S/c1-4-13(2)18-17(20)14-6-5-11-19(12-14)24(21,22)16-9-7-15(23-3)8-10-16/h7-10,13-14H,4-6,11-12H2,1-3H3,(H,18,20)/t13-,14+/m1/s1. The van der Waals surface area contributed by atoms with Crippen LogP contribution in [0.1, 0.15) is 33.1 Å². The molecule has 2 atom stereocenters. The minimum Gasteiger partial charge on any atom is -0.497 e. The van der Waals surface area contributed by atoms with Crippen LogP contribution in [0.3, 0.4) is 0 Å². The van der Waals surface area contributed by atoms with Gasteiger partial charge in [-0.05, 0) is 50.5 Å². The van der Waals surface area contributed by atoms with Crippen LogP contribution in [0, 0.1) is 5.92 Å². The first kappa shape index (κ1) is 18.7. The Bertz CT molecular complexity index is 658. The lowest BCUT2D eigenvalue weighted by Gasteiger charge is -2.31. The van der Waals surface area contributed by atoms with Crippen LogP contribution in [0.5, 0.6) is 5.75 Å². The van der Waals surface area contributed by atoms with Crippen molar-refractivity contribution in [1.29, 1.82) is 0 Å². The fourth-order valence-electron chi connectivity index (χ4n) is 2.73. The Morgan fingerprint density at radius 1 is 1.38 bits per heavy atom. The molecule has 1 aliphatic rings. The molecule has 7 heteroatoms. The molecule has 1 amide bonds. The lowest BCUT2D eigenvalue weighted by Crippen LogP contribution is -2.46. The van der Waals surface area contributed by atoms with E-state index in [9.17, 15) is 13.2 Å². The average Bonchev–Trinajstić information content (AvgIpc) is 2.61. The average molecular weight is 354 g/mol. The van der Waals surface area contributed by atoms with Gasteiger partial charge >= 0.3 is 0 Å². The summed E-state index contributed by atoms with van der Waals surface area (Å²) in [7, 11) is -2.05.